The minimum atomic E-state index is 0.218. The molecular weight excluding hydrogens is 302 g/mol. The minimum absolute atomic E-state index is 0.218. The molecule has 0 amide bonds. The van der Waals surface area contributed by atoms with Crippen LogP contribution >= 0.6 is 15.9 Å². The second-order valence-electron chi connectivity index (χ2n) is 4.87. The molecule has 2 rings (SSSR count). The third-order valence-electron chi connectivity index (χ3n) is 3.28. The van der Waals surface area contributed by atoms with E-state index in [1.54, 1.807) is 6.07 Å². The lowest BCUT2D eigenvalue weighted by atomic mass is 10.1. The Morgan fingerprint density at radius 3 is 2.32 bits per heavy atom. The Kier molecular flexibility index (Phi) is 4.15. The molecule has 0 saturated carbocycles. The van der Waals surface area contributed by atoms with E-state index >= 15 is 0 Å². The van der Waals surface area contributed by atoms with Crippen LogP contribution in [-0.4, -0.2) is 5.11 Å². The Balaban J connectivity index is 2.21. The summed E-state index contributed by atoms with van der Waals surface area (Å²) >= 11 is 3.44. The van der Waals surface area contributed by atoms with Crippen LogP contribution in [0.4, 0.5) is 5.69 Å². The summed E-state index contributed by atoms with van der Waals surface area (Å²) in [6.07, 6.45) is 0. The summed E-state index contributed by atoms with van der Waals surface area (Å²) in [5.74, 6) is 0.347. The smallest absolute Gasteiger partial charge is 0.118 e. The molecule has 0 aliphatic carbocycles. The van der Waals surface area contributed by atoms with E-state index in [0.717, 1.165) is 21.3 Å². The number of aryl methyl sites for hydroxylation is 2. The van der Waals surface area contributed by atoms with Crippen LogP contribution in [0, 0.1) is 13.8 Å². The molecule has 19 heavy (non-hydrogen) atoms. The molecule has 2 aromatic rings. The Hall–Kier alpha value is -1.48. The standard InChI is InChI=1S/C16H18BrNO/c1-10-9-16(19)11(2)8-15(10)18-12(3)13-4-6-14(17)7-5-13/h4-9,12,18-19H,1-3H3. The average molecular weight is 320 g/mol. The van der Waals surface area contributed by atoms with E-state index in [1.165, 1.54) is 5.56 Å². The van der Waals surface area contributed by atoms with Crippen molar-refractivity contribution in [3.63, 3.8) is 0 Å². The Morgan fingerprint density at radius 2 is 1.68 bits per heavy atom. The zero-order valence-electron chi connectivity index (χ0n) is 11.4. The molecule has 2 nitrogen and oxygen atoms in total. The first-order valence-electron chi connectivity index (χ1n) is 6.29. The molecule has 100 valence electrons. The number of hydrogen-bond acceptors (Lipinski definition) is 2. The van der Waals surface area contributed by atoms with Crippen LogP contribution in [-0.2, 0) is 0 Å². The van der Waals surface area contributed by atoms with Gasteiger partial charge < -0.3 is 10.4 Å². The number of benzene rings is 2. The van der Waals surface area contributed by atoms with Gasteiger partial charge in [0, 0.05) is 16.2 Å². The van der Waals surface area contributed by atoms with Gasteiger partial charge in [0.25, 0.3) is 0 Å². The number of phenolic OH excluding ortho intramolecular Hbond substituents is 1. The van der Waals surface area contributed by atoms with Gasteiger partial charge in [0.1, 0.15) is 5.75 Å². The predicted octanol–water partition coefficient (Wildman–Crippen LogP) is 4.94. The third-order valence-corrected chi connectivity index (χ3v) is 3.81. The van der Waals surface area contributed by atoms with Crippen molar-refractivity contribution in [2.24, 2.45) is 0 Å². The summed E-state index contributed by atoms with van der Waals surface area (Å²) in [6.45, 7) is 6.03. The molecular formula is C16H18BrNO. The summed E-state index contributed by atoms with van der Waals surface area (Å²) in [4.78, 5) is 0. The number of halogens is 1. The van der Waals surface area contributed by atoms with Gasteiger partial charge in [0.2, 0.25) is 0 Å². The molecule has 0 saturated heterocycles. The van der Waals surface area contributed by atoms with Crippen LogP contribution in [0.2, 0.25) is 0 Å². The number of hydrogen-bond donors (Lipinski definition) is 2. The van der Waals surface area contributed by atoms with Crippen molar-refractivity contribution in [2.45, 2.75) is 26.8 Å². The maximum Gasteiger partial charge on any atom is 0.118 e. The lowest BCUT2D eigenvalue weighted by molar-refractivity contribution is 0.470. The molecule has 2 aromatic carbocycles. The molecule has 0 radical (unpaired) electrons. The summed E-state index contributed by atoms with van der Waals surface area (Å²) < 4.78 is 1.08. The zero-order chi connectivity index (χ0) is 14.0. The quantitative estimate of drug-likeness (QED) is 0.785. The third kappa shape index (κ3) is 3.29. The van der Waals surface area contributed by atoms with Gasteiger partial charge >= 0.3 is 0 Å². The molecule has 0 aliphatic rings. The zero-order valence-corrected chi connectivity index (χ0v) is 13.0. The SMILES string of the molecule is Cc1cc(NC(C)c2ccc(Br)cc2)c(C)cc1O. The first kappa shape index (κ1) is 13.9. The lowest BCUT2D eigenvalue weighted by Crippen LogP contribution is -2.07. The van der Waals surface area contributed by atoms with Crippen molar-refractivity contribution in [1.82, 2.24) is 0 Å². The first-order chi connectivity index (χ1) is 8.97. The Morgan fingerprint density at radius 1 is 1.05 bits per heavy atom. The average Bonchev–Trinajstić information content (AvgIpc) is 2.36. The van der Waals surface area contributed by atoms with Crippen molar-refractivity contribution >= 4 is 21.6 Å². The molecule has 2 N–H and O–H groups in total. The van der Waals surface area contributed by atoms with Crippen LogP contribution in [0.5, 0.6) is 5.75 Å². The van der Waals surface area contributed by atoms with E-state index in [-0.39, 0.29) is 6.04 Å². The molecule has 1 atom stereocenters. The number of nitrogens with one attached hydrogen (secondary N) is 1. The van der Waals surface area contributed by atoms with E-state index in [4.69, 9.17) is 0 Å². The van der Waals surface area contributed by atoms with Crippen molar-refractivity contribution < 1.29 is 5.11 Å². The second kappa shape index (κ2) is 5.66. The van der Waals surface area contributed by atoms with E-state index < -0.39 is 0 Å². The van der Waals surface area contributed by atoms with Gasteiger partial charge in [-0.25, -0.2) is 0 Å². The van der Waals surface area contributed by atoms with Gasteiger partial charge in [-0.3, -0.25) is 0 Å². The number of rotatable bonds is 3. The molecule has 0 aromatic heterocycles. The maximum absolute atomic E-state index is 9.67. The lowest BCUT2D eigenvalue weighted by Gasteiger charge is -2.18. The Labute approximate surface area is 122 Å². The molecule has 1 unspecified atom stereocenters. The normalized spacial score (nSPS) is 12.2. The van der Waals surface area contributed by atoms with Crippen LogP contribution in [0.1, 0.15) is 29.7 Å². The first-order valence-corrected chi connectivity index (χ1v) is 7.09. The van der Waals surface area contributed by atoms with Crippen molar-refractivity contribution in [3.8, 4) is 5.75 Å². The molecule has 0 aliphatic heterocycles. The van der Waals surface area contributed by atoms with E-state index in [9.17, 15) is 5.11 Å². The molecule has 0 heterocycles. The van der Waals surface area contributed by atoms with Gasteiger partial charge in [-0.1, -0.05) is 28.1 Å². The minimum Gasteiger partial charge on any atom is -0.508 e. The van der Waals surface area contributed by atoms with Crippen LogP contribution in [0.3, 0.4) is 0 Å². The highest BCUT2D eigenvalue weighted by molar-refractivity contribution is 9.10. The molecule has 0 spiro atoms. The van der Waals surface area contributed by atoms with Gasteiger partial charge in [-0.15, -0.1) is 0 Å². The van der Waals surface area contributed by atoms with Crippen LogP contribution in [0.25, 0.3) is 0 Å². The molecule has 0 bridgehead atoms. The van der Waals surface area contributed by atoms with Crippen molar-refractivity contribution in [1.29, 1.82) is 0 Å². The summed E-state index contributed by atoms with van der Waals surface area (Å²) in [5, 5.41) is 13.2. The van der Waals surface area contributed by atoms with Crippen molar-refractivity contribution in [2.75, 3.05) is 5.32 Å². The fraction of sp³-hybridized carbons (Fsp3) is 0.250. The summed E-state index contributed by atoms with van der Waals surface area (Å²) in [6, 6.07) is 12.3. The predicted molar refractivity (Wildman–Crippen MR) is 83.8 cm³/mol. The van der Waals surface area contributed by atoms with Gasteiger partial charge in [-0.2, -0.15) is 0 Å². The largest absolute Gasteiger partial charge is 0.508 e. The van der Waals surface area contributed by atoms with E-state index in [2.05, 4.69) is 40.3 Å². The van der Waals surface area contributed by atoms with Gasteiger partial charge in [0.15, 0.2) is 0 Å². The fourth-order valence-electron chi connectivity index (χ4n) is 2.02. The monoisotopic (exact) mass is 319 g/mol. The van der Waals surface area contributed by atoms with E-state index in [0.29, 0.717) is 5.75 Å². The van der Waals surface area contributed by atoms with Crippen LogP contribution < -0.4 is 5.32 Å². The molecule has 0 fully saturated rings. The Bertz CT molecular complexity index is 578. The highest BCUT2D eigenvalue weighted by Gasteiger charge is 2.08. The second-order valence-corrected chi connectivity index (χ2v) is 5.79. The fourth-order valence-corrected chi connectivity index (χ4v) is 2.29. The van der Waals surface area contributed by atoms with Crippen molar-refractivity contribution in [3.05, 3.63) is 57.6 Å². The summed E-state index contributed by atoms with van der Waals surface area (Å²) in [5.41, 5.74) is 4.22. The number of aromatic hydroxyl groups is 1. The van der Waals surface area contributed by atoms with Gasteiger partial charge in [-0.05, 0) is 61.7 Å². The number of anilines is 1. The van der Waals surface area contributed by atoms with Gasteiger partial charge in [0.05, 0.1) is 0 Å². The maximum atomic E-state index is 9.67. The molecule has 3 heteroatoms. The topological polar surface area (TPSA) is 32.3 Å². The highest BCUT2D eigenvalue weighted by Crippen LogP contribution is 2.28. The summed E-state index contributed by atoms with van der Waals surface area (Å²) in [7, 11) is 0. The van der Waals surface area contributed by atoms with Crippen LogP contribution in [0.15, 0.2) is 40.9 Å². The highest BCUT2D eigenvalue weighted by atomic mass is 79.9. The van der Waals surface area contributed by atoms with E-state index in [1.807, 2.05) is 32.0 Å². The number of phenols is 1.